The SMILES string of the molecule is Cl.O=C(NCCc1nc2ccccc2s1)[C@H]1CCCCN1. The molecule has 2 heterocycles. The first kappa shape index (κ1) is 16.2. The summed E-state index contributed by atoms with van der Waals surface area (Å²) in [6, 6.07) is 8.14. The maximum Gasteiger partial charge on any atom is 0.237 e. The van der Waals surface area contributed by atoms with Crippen molar-refractivity contribution in [2.45, 2.75) is 31.7 Å². The number of para-hydroxylation sites is 1. The van der Waals surface area contributed by atoms with E-state index in [2.05, 4.69) is 21.7 Å². The number of nitrogens with zero attached hydrogens (tertiary/aromatic N) is 1. The largest absolute Gasteiger partial charge is 0.354 e. The molecule has 1 atom stereocenters. The zero-order valence-electron chi connectivity index (χ0n) is 11.8. The highest BCUT2D eigenvalue weighted by atomic mass is 35.5. The first-order valence-corrected chi connectivity index (χ1v) is 8.00. The van der Waals surface area contributed by atoms with Crippen molar-refractivity contribution in [3.05, 3.63) is 29.3 Å². The van der Waals surface area contributed by atoms with Gasteiger partial charge in [0.2, 0.25) is 5.91 Å². The van der Waals surface area contributed by atoms with Gasteiger partial charge in [-0.25, -0.2) is 4.98 Å². The Hall–Kier alpha value is -1.17. The molecule has 1 aliphatic heterocycles. The van der Waals surface area contributed by atoms with Crippen LogP contribution in [0.25, 0.3) is 10.2 Å². The van der Waals surface area contributed by atoms with Crippen molar-refractivity contribution in [2.75, 3.05) is 13.1 Å². The summed E-state index contributed by atoms with van der Waals surface area (Å²) in [6.07, 6.45) is 4.07. The molecular formula is C15H20ClN3OS. The summed E-state index contributed by atoms with van der Waals surface area (Å²) >= 11 is 1.71. The van der Waals surface area contributed by atoms with Crippen LogP contribution >= 0.6 is 23.7 Å². The Labute approximate surface area is 134 Å². The monoisotopic (exact) mass is 325 g/mol. The van der Waals surface area contributed by atoms with E-state index >= 15 is 0 Å². The van der Waals surface area contributed by atoms with Gasteiger partial charge < -0.3 is 10.6 Å². The first-order chi connectivity index (χ1) is 9.83. The standard InChI is InChI=1S/C15H19N3OS.ClH/c19-15(12-6-3-4-9-16-12)17-10-8-14-18-11-5-1-2-7-13(11)20-14;/h1-2,5,7,12,16H,3-4,6,8-10H2,(H,17,19);1H/t12-;/m1./s1. The second-order valence-electron chi connectivity index (χ2n) is 5.12. The second-order valence-corrected chi connectivity index (χ2v) is 6.23. The van der Waals surface area contributed by atoms with Gasteiger partial charge >= 0.3 is 0 Å². The van der Waals surface area contributed by atoms with E-state index in [4.69, 9.17) is 0 Å². The minimum atomic E-state index is -0.000817. The van der Waals surface area contributed by atoms with Gasteiger partial charge in [-0.2, -0.15) is 0 Å². The Kier molecular flexibility index (Phi) is 5.96. The summed E-state index contributed by atoms with van der Waals surface area (Å²) in [6.45, 7) is 1.62. The molecular weight excluding hydrogens is 306 g/mol. The van der Waals surface area contributed by atoms with E-state index in [0.29, 0.717) is 6.54 Å². The van der Waals surface area contributed by atoms with Crippen LogP contribution in [0.15, 0.2) is 24.3 Å². The summed E-state index contributed by atoms with van der Waals surface area (Å²) in [5.41, 5.74) is 1.05. The van der Waals surface area contributed by atoms with Crippen molar-refractivity contribution >= 4 is 39.9 Å². The van der Waals surface area contributed by atoms with Crippen molar-refractivity contribution < 1.29 is 4.79 Å². The molecule has 1 aromatic carbocycles. The number of nitrogens with one attached hydrogen (secondary N) is 2. The van der Waals surface area contributed by atoms with E-state index in [0.717, 1.165) is 36.3 Å². The lowest BCUT2D eigenvalue weighted by Crippen LogP contribution is -2.47. The average Bonchev–Trinajstić information content (AvgIpc) is 2.90. The number of carbonyl (C=O) groups excluding carboxylic acids is 1. The van der Waals surface area contributed by atoms with Gasteiger partial charge in [-0.05, 0) is 31.5 Å². The molecule has 1 aromatic heterocycles. The summed E-state index contributed by atoms with van der Waals surface area (Å²) in [5, 5.41) is 7.36. The Morgan fingerprint density at radius 3 is 3.00 bits per heavy atom. The highest BCUT2D eigenvalue weighted by Crippen LogP contribution is 2.21. The number of rotatable bonds is 4. The molecule has 0 saturated carbocycles. The second kappa shape index (κ2) is 7.73. The molecule has 1 fully saturated rings. The normalized spacial score (nSPS) is 18.2. The maximum absolute atomic E-state index is 12.0. The first-order valence-electron chi connectivity index (χ1n) is 7.18. The van der Waals surface area contributed by atoms with Crippen molar-refractivity contribution in [3.63, 3.8) is 0 Å². The Bertz CT molecular complexity index is 562. The number of hydrogen-bond donors (Lipinski definition) is 2. The number of halogens is 1. The molecule has 0 spiro atoms. The van der Waals surface area contributed by atoms with Crippen LogP contribution in [0.3, 0.4) is 0 Å². The lowest BCUT2D eigenvalue weighted by atomic mass is 10.0. The molecule has 114 valence electrons. The van der Waals surface area contributed by atoms with E-state index in [1.165, 1.54) is 11.1 Å². The predicted octanol–water partition coefficient (Wildman–Crippen LogP) is 2.52. The minimum absolute atomic E-state index is 0. The van der Waals surface area contributed by atoms with Crippen molar-refractivity contribution in [1.82, 2.24) is 15.6 Å². The highest BCUT2D eigenvalue weighted by molar-refractivity contribution is 7.18. The van der Waals surface area contributed by atoms with Crippen LogP contribution in [0.1, 0.15) is 24.3 Å². The third kappa shape index (κ3) is 4.15. The van der Waals surface area contributed by atoms with Crippen LogP contribution in [-0.2, 0) is 11.2 Å². The molecule has 0 unspecified atom stereocenters. The molecule has 6 heteroatoms. The summed E-state index contributed by atoms with van der Waals surface area (Å²) < 4.78 is 1.21. The number of benzene rings is 1. The zero-order chi connectivity index (χ0) is 13.8. The van der Waals surface area contributed by atoms with Crippen molar-refractivity contribution in [3.8, 4) is 0 Å². The quantitative estimate of drug-likeness (QED) is 0.908. The smallest absolute Gasteiger partial charge is 0.237 e. The Morgan fingerprint density at radius 1 is 1.38 bits per heavy atom. The fourth-order valence-electron chi connectivity index (χ4n) is 2.52. The van der Waals surface area contributed by atoms with Crippen LogP contribution in [-0.4, -0.2) is 30.0 Å². The van der Waals surface area contributed by atoms with Crippen LogP contribution in [0.2, 0.25) is 0 Å². The van der Waals surface area contributed by atoms with E-state index in [1.807, 2.05) is 18.2 Å². The van der Waals surface area contributed by atoms with Crippen LogP contribution in [0.5, 0.6) is 0 Å². The number of thiazole rings is 1. The molecule has 1 amide bonds. The van der Waals surface area contributed by atoms with Crippen LogP contribution < -0.4 is 10.6 Å². The lowest BCUT2D eigenvalue weighted by molar-refractivity contribution is -0.123. The van der Waals surface area contributed by atoms with Gasteiger partial charge in [0.25, 0.3) is 0 Å². The molecule has 0 radical (unpaired) electrons. The number of piperidine rings is 1. The van der Waals surface area contributed by atoms with Gasteiger partial charge in [-0.3, -0.25) is 4.79 Å². The molecule has 21 heavy (non-hydrogen) atoms. The third-order valence-electron chi connectivity index (χ3n) is 3.60. The number of carbonyl (C=O) groups is 1. The summed E-state index contributed by atoms with van der Waals surface area (Å²) in [7, 11) is 0. The Balaban J connectivity index is 0.00000161. The molecule has 2 aromatic rings. The molecule has 3 rings (SSSR count). The van der Waals surface area contributed by atoms with Gasteiger partial charge in [-0.1, -0.05) is 18.6 Å². The Morgan fingerprint density at radius 2 is 2.24 bits per heavy atom. The maximum atomic E-state index is 12.0. The highest BCUT2D eigenvalue weighted by Gasteiger charge is 2.19. The van der Waals surface area contributed by atoms with E-state index in [9.17, 15) is 4.79 Å². The van der Waals surface area contributed by atoms with E-state index in [1.54, 1.807) is 11.3 Å². The van der Waals surface area contributed by atoms with Gasteiger partial charge in [0.05, 0.1) is 21.3 Å². The summed E-state index contributed by atoms with van der Waals surface area (Å²) in [4.78, 5) is 16.5. The molecule has 1 aliphatic rings. The third-order valence-corrected chi connectivity index (χ3v) is 4.70. The summed E-state index contributed by atoms with van der Waals surface area (Å²) in [5.74, 6) is 0.130. The molecule has 4 nitrogen and oxygen atoms in total. The number of hydrogen-bond acceptors (Lipinski definition) is 4. The van der Waals surface area contributed by atoms with Crippen molar-refractivity contribution in [2.24, 2.45) is 0 Å². The van der Waals surface area contributed by atoms with Gasteiger partial charge in [0, 0.05) is 13.0 Å². The fraction of sp³-hybridized carbons (Fsp3) is 0.467. The zero-order valence-corrected chi connectivity index (χ0v) is 13.4. The lowest BCUT2D eigenvalue weighted by Gasteiger charge is -2.22. The number of aromatic nitrogens is 1. The molecule has 0 bridgehead atoms. The number of amides is 1. The van der Waals surface area contributed by atoms with Crippen LogP contribution in [0, 0.1) is 0 Å². The van der Waals surface area contributed by atoms with Gasteiger partial charge in [0.1, 0.15) is 0 Å². The van der Waals surface area contributed by atoms with Crippen molar-refractivity contribution in [1.29, 1.82) is 0 Å². The molecule has 1 saturated heterocycles. The minimum Gasteiger partial charge on any atom is -0.354 e. The van der Waals surface area contributed by atoms with Gasteiger partial charge in [0.15, 0.2) is 0 Å². The molecule has 2 N–H and O–H groups in total. The van der Waals surface area contributed by atoms with Crippen LogP contribution in [0.4, 0.5) is 0 Å². The molecule has 0 aliphatic carbocycles. The number of fused-ring (bicyclic) bond motifs is 1. The fourth-order valence-corrected chi connectivity index (χ4v) is 3.49. The average molecular weight is 326 g/mol. The topological polar surface area (TPSA) is 54.0 Å². The van der Waals surface area contributed by atoms with E-state index < -0.39 is 0 Å². The predicted molar refractivity (Wildman–Crippen MR) is 89.2 cm³/mol. The van der Waals surface area contributed by atoms with Gasteiger partial charge in [-0.15, -0.1) is 23.7 Å². The van der Waals surface area contributed by atoms with E-state index in [-0.39, 0.29) is 24.4 Å².